The molecule has 16 heteroatoms. The van der Waals surface area contributed by atoms with E-state index in [1.165, 1.54) is 23.5 Å². The predicted octanol–water partition coefficient (Wildman–Crippen LogP) is 3.31. The zero-order valence-corrected chi connectivity index (χ0v) is 35.6. The molecular formula is C48H50N6O9S. The maximum absolute atomic E-state index is 14.6. The number of aryl methyl sites for hydroxylation is 1. The van der Waals surface area contributed by atoms with Crippen molar-refractivity contribution >= 4 is 58.4 Å². The number of carbonyl (C=O) groups excluding carboxylic acids is 6. The Morgan fingerprint density at radius 1 is 0.625 bits per heavy atom. The molecule has 15 nitrogen and oxygen atoms in total. The molecule has 0 saturated heterocycles. The third kappa shape index (κ3) is 13.9. The lowest BCUT2D eigenvalue weighted by Gasteiger charge is -2.27. The SMILES string of the molecule is O=C(O)CCNC(=O)C1Cc2ccc(cc2)NC(=O)C(O)CC(=O)NC(Cc2cccs2)C(=O)NC(Cc2ccc(-c3ccccc3)cc2)C(=O)NC(CCc2ccccc2)C(=O)N1. The van der Waals surface area contributed by atoms with Crippen LogP contribution in [0.15, 0.2) is 127 Å². The number of hydrogen-bond acceptors (Lipinski definition) is 9. The standard InChI is InChI=1S/C48H50N6O9S/c55-41-29-42(56)51-40(28-36-12-7-25-64-36)47(62)54-39(27-31-13-18-34(19-14-31)33-10-5-2-6-11-33)46(61)52-37(22-17-30-8-3-1-4-9-30)45(60)53-38(44(59)49-24-23-43(57)58)26-32-15-20-35(21-16-32)50-48(41)63/h1-16,18-21,25,37-41,55H,17,22-24,26-29H2,(H,49,59)(H,50,63)(H,51,56)(H,52,61)(H,53,60)(H,54,62)(H,57,58). The van der Waals surface area contributed by atoms with Gasteiger partial charge in [-0.15, -0.1) is 11.3 Å². The topological polar surface area (TPSA) is 232 Å². The van der Waals surface area contributed by atoms with E-state index in [2.05, 4.69) is 31.9 Å². The average Bonchev–Trinajstić information content (AvgIpc) is 3.81. The van der Waals surface area contributed by atoms with Gasteiger partial charge in [0.1, 0.15) is 30.3 Å². The number of rotatable bonds is 12. The van der Waals surface area contributed by atoms with Crippen molar-refractivity contribution in [2.75, 3.05) is 11.9 Å². The number of thiophene rings is 1. The number of aliphatic hydroxyl groups is 1. The highest BCUT2D eigenvalue weighted by Crippen LogP contribution is 2.21. The van der Waals surface area contributed by atoms with Gasteiger partial charge in [0.25, 0.3) is 5.91 Å². The lowest BCUT2D eigenvalue weighted by molar-refractivity contribution is -0.137. The molecule has 5 unspecified atom stereocenters. The van der Waals surface area contributed by atoms with Crippen LogP contribution in [0, 0.1) is 0 Å². The molecule has 0 aliphatic carbocycles. The van der Waals surface area contributed by atoms with Crippen molar-refractivity contribution in [3.63, 3.8) is 0 Å². The van der Waals surface area contributed by atoms with E-state index in [9.17, 15) is 43.8 Å². The second kappa shape index (κ2) is 22.8. The molecule has 0 saturated carbocycles. The molecule has 2 bridgehead atoms. The molecule has 2 aliphatic rings. The largest absolute Gasteiger partial charge is 0.481 e. The Labute approximate surface area is 374 Å². The number of nitrogens with one attached hydrogen (secondary N) is 6. The molecule has 3 heterocycles. The van der Waals surface area contributed by atoms with Gasteiger partial charge in [0.05, 0.1) is 12.8 Å². The summed E-state index contributed by atoms with van der Waals surface area (Å²) in [6, 6.07) is 31.2. The van der Waals surface area contributed by atoms with Crippen LogP contribution in [-0.4, -0.2) is 88.4 Å². The van der Waals surface area contributed by atoms with Crippen LogP contribution in [-0.2, 0) is 59.2 Å². The molecule has 332 valence electrons. The lowest BCUT2D eigenvalue weighted by atomic mass is 9.99. The Balaban J connectivity index is 1.36. The number of carboxylic acids is 1. The number of carboxylic acid groups (broad SMARTS) is 1. The number of amides is 6. The van der Waals surface area contributed by atoms with Crippen LogP contribution in [0.1, 0.15) is 40.8 Å². The summed E-state index contributed by atoms with van der Waals surface area (Å²) >= 11 is 1.35. The van der Waals surface area contributed by atoms with Crippen molar-refractivity contribution in [1.29, 1.82) is 0 Å². The van der Waals surface area contributed by atoms with Crippen LogP contribution in [0.5, 0.6) is 0 Å². The van der Waals surface area contributed by atoms with Gasteiger partial charge in [-0.25, -0.2) is 0 Å². The minimum absolute atomic E-state index is 0.0251. The molecule has 0 radical (unpaired) electrons. The summed E-state index contributed by atoms with van der Waals surface area (Å²) in [6.07, 6.45) is -2.45. The zero-order valence-electron chi connectivity index (χ0n) is 34.8. The van der Waals surface area contributed by atoms with Gasteiger partial charge in [-0.05, 0) is 64.2 Å². The highest BCUT2D eigenvalue weighted by Gasteiger charge is 2.33. The molecule has 2 aliphatic heterocycles. The van der Waals surface area contributed by atoms with Crippen molar-refractivity contribution < 1.29 is 43.8 Å². The molecule has 0 fully saturated rings. The van der Waals surface area contributed by atoms with Gasteiger partial charge in [0.15, 0.2) is 0 Å². The maximum atomic E-state index is 14.6. The van der Waals surface area contributed by atoms with Crippen molar-refractivity contribution in [3.8, 4) is 11.1 Å². The van der Waals surface area contributed by atoms with Gasteiger partial charge in [-0.3, -0.25) is 33.6 Å². The van der Waals surface area contributed by atoms with Crippen LogP contribution in [0.25, 0.3) is 11.1 Å². The van der Waals surface area contributed by atoms with Crippen molar-refractivity contribution in [3.05, 3.63) is 148 Å². The fourth-order valence-electron chi connectivity index (χ4n) is 7.12. The molecule has 5 aromatic rings. The van der Waals surface area contributed by atoms with Crippen molar-refractivity contribution in [2.24, 2.45) is 0 Å². The van der Waals surface area contributed by atoms with E-state index in [-0.39, 0.29) is 44.3 Å². The van der Waals surface area contributed by atoms with Gasteiger partial charge in [0.2, 0.25) is 29.5 Å². The first-order valence-electron chi connectivity index (χ1n) is 20.9. The van der Waals surface area contributed by atoms with E-state index in [1.807, 2.05) is 90.3 Å². The molecular weight excluding hydrogens is 837 g/mol. The Kier molecular flexibility index (Phi) is 16.5. The lowest BCUT2D eigenvalue weighted by Crippen LogP contribution is -2.59. The highest BCUT2D eigenvalue weighted by atomic mass is 32.1. The maximum Gasteiger partial charge on any atom is 0.305 e. The first-order chi connectivity index (χ1) is 30.9. The van der Waals surface area contributed by atoms with Crippen LogP contribution >= 0.6 is 11.3 Å². The third-order valence-corrected chi connectivity index (χ3v) is 11.5. The Hall–Kier alpha value is -7.17. The van der Waals surface area contributed by atoms with Crippen LogP contribution < -0.4 is 31.9 Å². The minimum Gasteiger partial charge on any atom is -0.481 e. The first-order valence-corrected chi connectivity index (χ1v) is 21.8. The van der Waals surface area contributed by atoms with Crippen LogP contribution in [0.4, 0.5) is 5.69 Å². The van der Waals surface area contributed by atoms with E-state index >= 15 is 0 Å². The quantitative estimate of drug-likeness (QED) is 0.0859. The second-order valence-electron chi connectivity index (χ2n) is 15.4. The number of benzene rings is 4. The predicted molar refractivity (Wildman–Crippen MR) is 241 cm³/mol. The summed E-state index contributed by atoms with van der Waals surface area (Å²) in [4.78, 5) is 95.3. The number of anilines is 1. The highest BCUT2D eigenvalue weighted by molar-refractivity contribution is 7.09. The van der Waals surface area contributed by atoms with E-state index in [0.29, 0.717) is 17.5 Å². The van der Waals surface area contributed by atoms with E-state index < -0.39 is 78.1 Å². The molecule has 0 spiro atoms. The number of aliphatic carboxylic acids is 1. The zero-order chi connectivity index (χ0) is 45.4. The molecule has 8 N–H and O–H groups in total. The molecule has 5 atom stereocenters. The summed E-state index contributed by atoms with van der Waals surface area (Å²) in [6.45, 7) is -0.208. The Bertz CT molecular complexity index is 2380. The summed E-state index contributed by atoms with van der Waals surface area (Å²) < 4.78 is 0. The fraction of sp³-hybridized carbons (Fsp3) is 0.271. The van der Waals surface area contributed by atoms with Gasteiger partial charge in [-0.1, -0.05) is 103 Å². The average molecular weight is 887 g/mol. The van der Waals surface area contributed by atoms with Crippen molar-refractivity contribution in [2.45, 2.75) is 75.2 Å². The smallest absolute Gasteiger partial charge is 0.305 e. The second-order valence-corrected chi connectivity index (χ2v) is 16.5. The number of fused-ring (bicyclic) bond motifs is 18. The van der Waals surface area contributed by atoms with Crippen LogP contribution in [0.2, 0.25) is 0 Å². The number of hydrogen-bond donors (Lipinski definition) is 8. The monoisotopic (exact) mass is 886 g/mol. The number of aliphatic hydroxyl groups excluding tert-OH is 1. The summed E-state index contributed by atoms with van der Waals surface area (Å²) in [7, 11) is 0. The molecule has 64 heavy (non-hydrogen) atoms. The molecule has 1 aromatic heterocycles. The minimum atomic E-state index is -1.79. The van der Waals surface area contributed by atoms with Gasteiger partial charge >= 0.3 is 5.97 Å². The Morgan fingerprint density at radius 3 is 1.91 bits per heavy atom. The van der Waals surface area contributed by atoms with Crippen molar-refractivity contribution in [1.82, 2.24) is 26.6 Å². The van der Waals surface area contributed by atoms with E-state index in [1.54, 1.807) is 24.3 Å². The van der Waals surface area contributed by atoms with E-state index in [4.69, 9.17) is 0 Å². The molecule has 6 amide bonds. The summed E-state index contributed by atoms with van der Waals surface area (Å²) in [5.74, 6) is -5.61. The Morgan fingerprint density at radius 2 is 1.25 bits per heavy atom. The molecule has 7 rings (SSSR count). The summed E-state index contributed by atoms with van der Waals surface area (Å²) in [5, 5.41) is 38.0. The first kappa shape index (κ1) is 46.3. The third-order valence-electron chi connectivity index (χ3n) is 10.6. The van der Waals surface area contributed by atoms with Gasteiger partial charge in [-0.2, -0.15) is 0 Å². The van der Waals surface area contributed by atoms with E-state index in [0.717, 1.165) is 21.6 Å². The normalized spacial score (nSPS) is 20.1. The molecule has 4 aromatic carbocycles. The van der Waals surface area contributed by atoms with Gasteiger partial charge < -0.3 is 42.1 Å². The van der Waals surface area contributed by atoms with Gasteiger partial charge in [0, 0.05) is 36.4 Å². The fourth-order valence-corrected chi connectivity index (χ4v) is 7.87. The number of carbonyl (C=O) groups is 7. The summed E-state index contributed by atoms with van der Waals surface area (Å²) in [5.41, 5.74) is 4.27. The van der Waals surface area contributed by atoms with Crippen LogP contribution in [0.3, 0.4) is 0 Å².